The Kier molecular flexibility index (Phi) is 9.77. The Hall–Kier alpha value is -3.82. The van der Waals surface area contributed by atoms with Gasteiger partial charge < -0.3 is 29.2 Å². The number of hydrogen-bond donors (Lipinski definition) is 2. The predicted octanol–water partition coefficient (Wildman–Crippen LogP) is 5.12. The highest BCUT2D eigenvalue weighted by atomic mass is 16.6. The van der Waals surface area contributed by atoms with Gasteiger partial charge in [0, 0.05) is 11.1 Å². The number of hydrogen-bond acceptors (Lipinski definition) is 6. The number of rotatable bonds is 3. The summed E-state index contributed by atoms with van der Waals surface area (Å²) in [5.41, 5.74) is 1.04. The third-order valence-electron chi connectivity index (χ3n) is 6.06. The molecule has 2 N–H and O–H groups in total. The van der Waals surface area contributed by atoms with Gasteiger partial charge in [-0.2, -0.15) is 0 Å². The fraction of sp³-hybridized carbons (Fsp3) is 0.267. The molecule has 38 heavy (non-hydrogen) atoms. The van der Waals surface area contributed by atoms with Crippen molar-refractivity contribution >= 4 is 33.5 Å². The monoisotopic (exact) mass is 518 g/mol. The maximum Gasteiger partial charge on any atom is 0.336 e. The van der Waals surface area contributed by atoms with Crippen LogP contribution >= 0.6 is 0 Å². The molecule has 4 aromatic carbocycles. The molecule has 198 valence electrons. The van der Waals surface area contributed by atoms with Gasteiger partial charge in [-0.05, 0) is 33.7 Å². The van der Waals surface area contributed by atoms with Crippen LogP contribution < -0.4 is 0 Å². The Morgan fingerprint density at radius 3 is 1.08 bits per heavy atom. The van der Waals surface area contributed by atoms with Gasteiger partial charge in [0.1, 0.15) is 0 Å². The highest BCUT2D eigenvalue weighted by Crippen LogP contribution is 2.39. The van der Waals surface area contributed by atoms with Crippen molar-refractivity contribution in [3.05, 3.63) is 83.9 Å². The van der Waals surface area contributed by atoms with Crippen LogP contribution in [0.15, 0.2) is 72.8 Å². The number of carboxylic acid groups (broad SMARTS) is 2. The first-order valence-electron chi connectivity index (χ1n) is 12.4. The van der Waals surface area contributed by atoms with Crippen molar-refractivity contribution in [1.29, 1.82) is 0 Å². The van der Waals surface area contributed by atoms with Crippen molar-refractivity contribution in [1.82, 2.24) is 0 Å². The Balaban J connectivity index is 0.000000229. The molecule has 2 aliphatic heterocycles. The SMILES string of the molecule is C1COCCO1.C1COCCO1.O=C(O)c1ccc2ccccc2c1-c1c(C(=O)O)ccc2ccccc12. The van der Waals surface area contributed by atoms with Gasteiger partial charge in [-0.25, -0.2) is 9.59 Å². The molecule has 0 unspecified atom stereocenters. The third-order valence-corrected chi connectivity index (χ3v) is 6.06. The molecule has 0 saturated carbocycles. The first-order chi connectivity index (χ1) is 18.6. The van der Waals surface area contributed by atoms with Crippen LogP contribution in [0.3, 0.4) is 0 Å². The lowest BCUT2D eigenvalue weighted by Gasteiger charge is -2.16. The molecule has 2 fully saturated rings. The van der Waals surface area contributed by atoms with Crippen LogP contribution in [0.4, 0.5) is 0 Å². The van der Waals surface area contributed by atoms with Gasteiger partial charge in [-0.15, -0.1) is 0 Å². The summed E-state index contributed by atoms with van der Waals surface area (Å²) in [6, 6.07) is 21.4. The van der Waals surface area contributed by atoms with Gasteiger partial charge in [-0.1, -0.05) is 60.7 Å². The summed E-state index contributed by atoms with van der Waals surface area (Å²) < 4.78 is 19.8. The number of carboxylic acids is 2. The summed E-state index contributed by atoms with van der Waals surface area (Å²) in [5, 5.41) is 22.6. The molecule has 2 saturated heterocycles. The molecule has 0 bridgehead atoms. The van der Waals surface area contributed by atoms with Crippen molar-refractivity contribution in [2.45, 2.75) is 0 Å². The predicted molar refractivity (Wildman–Crippen MR) is 144 cm³/mol. The van der Waals surface area contributed by atoms with Crippen molar-refractivity contribution in [3.63, 3.8) is 0 Å². The molecule has 2 heterocycles. The summed E-state index contributed by atoms with van der Waals surface area (Å²) in [5.74, 6) is -2.18. The van der Waals surface area contributed by atoms with E-state index < -0.39 is 11.9 Å². The lowest BCUT2D eigenvalue weighted by atomic mass is 9.87. The maximum atomic E-state index is 11.9. The molecule has 0 radical (unpaired) electrons. The second-order valence-electron chi connectivity index (χ2n) is 8.48. The molecule has 6 rings (SSSR count). The van der Waals surface area contributed by atoms with E-state index in [2.05, 4.69) is 0 Å². The molecular formula is C30H30O8. The van der Waals surface area contributed by atoms with Crippen molar-refractivity contribution in [2.24, 2.45) is 0 Å². The lowest BCUT2D eigenvalue weighted by Crippen LogP contribution is -2.16. The van der Waals surface area contributed by atoms with E-state index in [1.807, 2.05) is 48.5 Å². The lowest BCUT2D eigenvalue weighted by molar-refractivity contribution is -0.0334. The van der Waals surface area contributed by atoms with E-state index in [0.717, 1.165) is 63.6 Å². The number of carbonyl (C=O) groups is 2. The van der Waals surface area contributed by atoms with Crippen molar-refractivity contribution in [3.8, 4) is 11.1 Å². The van der Waals surface area contributed by atoms with E-state index in [1.165, 1.54) is 12.1 Å². The van der Waals surface area contributed by atoms with Gasteiger partial charge >= 0.3 is 11.9 Å². The fourth-order valence-corrected chi connectivity index (χ4v) is 4.32. The minimum atomic E-state index is -1.09. The Morgan fingerprint density at radius 2 is 0.789 bits per heavy atom. The third kappa shape index (κ3) is 6.73. The first-order valence-corrected chi connectivity index (χ1v) is 12.4. The van der Waals surface area contributed by atoms with Crippen LogP contribution in [0.25, 0.3) is 32.7 Å². The number of benzene rings is 4. The molecule has 8 heteroatoms. The standard InChI is InChI=1S/C22H14O4.2C4H8O2/c23-21(24)17-11-9-13-5-1-3-7-15(13)19(17)20-16-8-4-2-6-14(16)10-12-18(20)22(25)26;2*1-2-6-4-3-5-1/h1-12H,(H,23,24)(H,25,26);2*1-4H2. The summed E-state index contributed by atoms with van der Waals surface area (Å²) in [6.07, 6.45) is 0. The second-order valence-corrected chi connectivity index (χ2v) is 8.48. The molecule has 0 atom stereocenters. The van der Waals surface area contributed by atoms with Crippen molar-refractivity contribution in [2.75, 3.05) is 52.9 Å². The van der Waals surface area contributed by atoms with Gasteiger partial charge in [0.15, 0.2) is 0 Å². The Morgan fingerprint density at radius 1 is 0.474 bits per heavy atom. The van der Waals surface area contributed by atoms with Crippen LogP contribution in [-0.2, 0) is 18.9 Å². The quantitative estimate of drug-likeness (QED) is 0.384. The highest BCUT2D eigenvalue weighted by Gasteiger charge is 2.22. The van der Waals surface area contributed by atoms with Crippen LogP contribution in [0.5, 0.6) is 0 Å². The van der Waals surface area contributed by atoms with E-state index in [-0.39, 0.29) is 11.1 Å². The van der Waals surface area contributed by atoms with Crippen LogP contribution in [0.1, 0.15) is 20.7 Å². The molecular weight excluding hydrogens is 488 g/mol. The summed E-state index contributed by atoms with van der Waals surface area (Å²) in [7, 11) is 0. The average molecular weight is 519 g/mol. The fourth-order valence-electron chi connectivity index (χ4n) is 4.32. The zero-order chi connectivity index (χ0) is 26.7. The number of fused-ring (bicyclic) bond motifs is 2. The molecule has 8 nitrogen and oxygen atoms in total. The average Bonchev–Trinajstić information content (AvgIpc) is 2.98. The van der Waals surface area contributed by atoms with Gasteiger partial charge in [0.2, 0.25) is 0 Å². The zero-order valence-corrected chi connectivity index (χ0v) is 20.9. The topological polar surface area (TPSA) is 112 Å². The van der Waals surface area contributed by atoms with E-state index >= 15 is 0 Å². The van der Waals surface area contributed by atoms with Gasteiger partial charge in [0.05, 0.1) is 64.0 Å². The van der Waals surface area contributed by atoms with Crippen LogP contribution in [0, 0.1) is 0 Å². The van der Waals surface area contributed by atoms with Crippen molar-refractivity contribution < 1.29 is 38.7 Å². The van der Waals surface area contributed by atoms with E-state index in [1.54, 1.807) is 12.1 Å². The van der Waals surface area contributed by atoms with E-state index in [9.17, 15) is 19.8 Å². The van der Waals surface area contributed by atoms with Crippen LogP contribution in [0.2, 0.25) is 0 Å². The molecule has 0 amide bonds. The smallest absolute Gasteiger partial charge is 0.336 e. The molecule has 4 aromatic rings. The van der Waals surface area contributed by atoms with Gasteiger partial charge in [-0.3, -0.25) is 0 Å². The van der Waals surface area contributed by atoms with Crippen LogP contribution in [-0.4, -0.2) is 75.0 Å². The largest absolute Gasteiger partial charge is 0.478 e. The normalized spacial score (nSPS) is 15.1. The second kappa shape index (κ2) is 13.6. The minimum absolute atomic E-state index is 0.0857. The van der Waals surface area contributed by atoms with E-state index in [0.29, 0.717) is 21.9 Å². The molecule has 0 aromatic heterocycles. The Labute approximate surface area is 220 Å². The molecule has 0 spiro atoms. The summed E-state index contributed by atoms with van der Waals surface area (Å²) >= 11 is 0. The highest BCUT2D eigenvalue weighted by molar-refractivity contribution is 6.17. The minimum Gasteiger partial charge on any atom is -0.478 e. The van der Waals surface area contributed by atoms with Gasteiger partial charge in [0.25, 0.3) is 0 Å². The molecule has 2 aliphatic rings. The molecule has 0 aliphatic carbocycles. The number of aromatic carboxylic acids is 2. The summed E-state index contributed by atoms with van der Waals surface area (Å²) in [6.45, 7) is 6.22. The maximum absolute atomic E-state index is 11.9. The Bertz CT molecular complexity index is 1260. The van der Waals surface area contributed by atoms with E-state index in [4.69, 9.17) is 18.9 Å². The zero-order valence-electron chi connectivity index (χ0n) is 20.9. The first kappa shape index (κ1) is 27.2. The summed E-state index contributed by atoms with van der Waals surface area (Å²) in [4.78, 5) is 23.8. The number of ether oxygens (including phenoxy) is 4.